The lowest BCUT2D eigenvalue weighted by atomic mass is 9.86. The molecule has 180 valence electrons. The Kier molecular flexibility index (Phi) is 8.55. The van der Waals surface area contributed by atoms with Gasteiger partial charge in [-0.15, -0.1) is 0 Å². The van der Waals surface area contributed by atoms with Gasteiger partial charge >= 0.3 is 0 Å². The SMILES string of the molecule is CNCc1ccc(/C=C2\CCC/C(=C(O)\C=C\c3ccc(N(C)C)cc3OC)C2=O)c(OC)c1. The van der Waals surface area contributed by atoms with E-state index in [0.29, 0.717) is 29.7 Å². The Balaban J connectivity index is 1.87. The molecule has 3 rings (SSSR count). The number of carbonyl (C=O) groups is 1. The number of anilines is 1. The van der Waals surface area contributed by atoms with E-state index in [-0.39, 0.29) is 11.5 Å². The molecule has 1 aliphatic carbocycles. The molecule has 6 heteroatoms. The van der Waals surface area contributed by atoms with Gasteiger partial charge in [0.15, 0.2) is 5.78 Å². The highest BCUT2D eigenvalue weighted by Crippen LogP contribution is 2.32. The number of hydrogen-bond donors (Lipinski definition) is 2. The number of Topliss-reactive ketones (excluding diaryl/α,β-unsaturated/α-hetero) is 1. The molecule has 0 saturated heterocycles. The maximum atomic E-state index is 13.2. The van der Waals surface area contributed by atoms with Gasteiger partial charge in [-0.25, -0.2) is 0 Å². The third-order valence-corrected chi connectivity index (χ3v) is 5.91. The highest BCUT2D eigenvalue weighted by molar-refractivity contribution is 6.12. The monoisotopic (exact) mass is 462 g/mol. The summed E-state index contributed by atoms with van der Waals surface area (Å²) in [6.07, 6.45) is 7.24. The molecule has 0 aromatic heterocycles. The highest BCUT2D eigenvalue weighted by atomic mass is 16.5. The van der Waals surface area contributed by atoms with Crippen LogP contribution in [0.5, 0.6) is 11.5 Å². The third kappa shape index (κ3) is 5.88. The molecule has 0 aliphatic heterocycles. The van der Waals surface area contributed by atoms with Gasteiger partial charge in [0.25, 0.3) is 0 Å². The van der Waals surface area contributed by atoms with Crippen LogP contribution in [0, 0.1) is 0 Å². The number of ether oxygens (including phenoxy) is 2. The topological polar surface area (TPSA) is 71.0 Å². The van der Waals surface area contributed by atoms with Crippen molar-refractivity contribution >= 4 is 23.6 Å². The van der Waals surface area contributed by atoms with Crippen LogP contribution in [0.1, 0.15) is 36.0 Å². The fourth-order valence-corrected chi connectivity index (χ4v) is 4.02. The fraction of sp³-hybridized carbons (Fsp3) is 0.321. The van der Waals surface area contributed by atoms with Crippen molar-refractivity contribution in [2.75, 3.05) is 40.3 Å². The number of hydrogen-bond acceptors (Lipinski definition) is 6. The average Bonchev–Trinajstić information content (AvgIpc) is 2.84. The molecule has 6 nitrogen and oxygen atoms in total. The van der Waals surface area contributed by atoms with E-state index in [1.807, 2.05) is 68.5 Å². The van der Waals surface area contributed by atoms with Gasteiger partial charge in [-0.2, -0.15) is 0 Å². The molecule has 34 heavy (non-hydrogen) atoms. The molecular weight excluding hydrogens is 428 g/mol. The lowest BCUT2D eigenvalue weighted by molar-refractivity contribution is -0.113. The molecule has 2 aromatic carbocycles. The van der Waals surface area contributed by atoms with Crippen molar-refractivity contribution in [1.29, 1.82) is 0 Å². The lowest BCUT2D eigenvalue weighted by Crippen LogP contribution is -2.14. The van der Waals surface area contributed by atoms with Crippen LogP contribution in [-0.2, 0) is 11.3 Å². The van der Waals surface area contributed by atoms with Gasteiger partial charge in [0, 0.05) is 54.7 Å². The van der Waals surface area contributed by atoms with Crippen LogP contribution in [0.2, 0.25) is 0 Å². The molecule has 2 aromatic rings. The quantitative estimate of drug-likeness (QED) is 0.418. The van der Waals surface area contributed by atoms with Gasteiger partial charge in [-0.1, -0.05) is 12.1 Å². The Morgan fingerprint density at radius 2 is 1.76 bits per heavy atom. The fourth-order valence-electron chi connectivity index (χ4n) is 4.02. The highest BCUT2D eigenvalue weighted by Gasteiger charge is 2.23. The van der Waals surface area contributed by atoms with Crippen molar-refractivity contribution in [2.45, 2.75) is 25.8 Å². The maximum absolute atomic E-state index is 13.2. The van der Waals surface area contributed by atoms with E-state index in [2.05, 4.69) is 5.32 Å². The van der Waals surface area contributed by atoms with E-state index in [0.717, 1.165) is 41.1 Å². The number of nitrogens with zero attached hydrogens (tertiary/aromatic N) is 1. The number of aliphatic hydroxyl groups excluding tert-OH is 1. The molecule has 0 amide bonds. The third-order valence-electron chi connectivity index (χ3n) is 5.91. The Bertz CT molecular complexity index is 1130. The second-order valence-corrected chi connectivity index (χ2v) is 8.48. The number of rotatable bonds is 8. The van der Waals surface area contributed by atoms with Crippen LogP contribution in [0.4, 0.5) is 5.69 Å². The predicted molar refractivity (Wildman–Crippen MR) is 139 cm³/mol. The molecule has 0 heterocycles. The van der Waals surface area contributed by atoms with Gasteiger partial charge in [0.05, 0.1) is 14.2 Å². The number of allylic oxidation sites excluding steroid dienone is 3. The maximum Gasteiger partial charge on any atom is 0.188 e. The zero-order valence-electron chi connectivity index (χ0n) is 20.6. The molecule has 0 radical (unpaired) electrons. The minimum Gasteiger partial charge on any atom is -0.508 e. The summed E-state index contributed by atoms with van der Waals surface area (Å²) in [4.78, 5) is 15.2. The molecular formula is C28H34N2O4. The molecule has 1 aliphatic rings. The normalized spacial score (nSPS) is 16.7. The van der Waals surface area contributed by atoms with Crippen LogP contribution in [-0.4, -0.2) is 46.3 Å². The molecule has 1 saturated carbocycles. The van der Waals surface area contributed by atoms with E-state index in [1.165, 1.54) is 0 Å². The van der Waals surface area contributed by atoms with E-state index in [4.69, 9.17) is 9.47 Å². The first kappa shape index (κ1) is 25.1. The summed E-state index contributed by atoms with van der Waals surface area (Å²) >= 11 is 0. The van der Waals surface area contributed by atoms with E-state index in [1.54, 1.807) is 26.4 Å². The van der Waals surface area contributed by atoms with E-state index in [9.17, 15) is 9.90 Å². The first-order valence-electron chi connectivity index (χ1n) is 11.4. The van der Waals surface area contributed by atoms with Gasteiger partial charge in [-0.3, -0.25) is 4.79 Å². The number of aliphatic hydroxyl groups is 1. The van der Waals surface area contributed by atoms with Crippen LogP contribution < -0.4 is 19.7 Å². The van der Waals surface area contributed by atoms with Crippen LogP contribution >= 0.6 is 0 Å². The van der Waals surface area contributed by atoms with Crippen molar-refractivity contribution in [3.63, 3.8) is 0 Å². The van der Waals surface area contributed by atoms with E-state index < -0.39 is 0 Å². The molecule has 0 spiro atoms. The summed E-state index contributed by atoms with van der Waals surface area (Å²) in [6, 6.07) is 11.8. The molecule has 2 N–H and O–H groups in total. The summed E-state index contributed by atoms with van der Waals surface area (Å²) in [7, 11) is 9.07. The summed E-state index contributed by atoms with van der Waals surface area (Å²) < 4.78 is 11.0. The number of ketones is 1. The van der Waals surface area contributed by atoms with Gasteiger partial charge in [0.1, 0.15) is 17.3 Å². The molecule has 1 fully saturated rings. The molecule has 0 atom stereocenters. The van der Waals surface area contributed by atoms with Gasteiger partial charge in [-0.05, 0) is 68.3 Å². The van der Waals surface area contributed by atoms with Gasteiger partial charge < -0.3 is 24.8 Å². The van der Waals surface area contributed by atoms with Crippen molar-refractivity contribution in [1.82, 2.24) is 5.32 Å². The largest absolute Gasteiger partial charge is 0.508 e. The second kappa shape index (κ2) is 11.6. The summed E-state index contributed by atoms with van der Waals surface area (Å²) in [5.74, 6) is 1.29. The van der Waals surface area contributed by atoms with Crippen LogP contribution in [0.3, 0.4) is 0 Å². The molecule has 0 unspecified atom stereocenters. The minimum absolute atomic E-state index is 0.00864. The Morgan fingerprint density at radius 3 is 2.44 bits per heavy atom. The van der Waals surface area contributed by atoms with Crippen molar-refractivity contribution in [3.8, 4) is 11.5 Å². The zero-order chi connectivity index (χ0) is 24.7. The van der Waals surface area contributed by atoms with Crippen LogP contribution in [0.15, 0.2) is 59.4 Å². The zero-order valence-corrected chi connectivity index (χ0v) is 20.6. The van der Waals surface area contributed by atoms with Gasteiger partial charge in [0.2, 0.25) is 0 Å². The summed E-state index contributed by atoms with van der Waals surface area (Å²) in [5, 5.41) is 13.9. The van der Waals surface area contributed by atoms with E-state index >= 15 is 0 Å². The molecule has 0 bridgehead atoms. The summed E-state index contributed by atoms with van der Waals surface area (Å²) in [6.45, 7) is 0.738. The second-order valence-electron chi connectivity index (χ2n) is 8.48. The lowest BCUT2D eigenvalue weighted by Gasteiger charge is -2.18. The smallest absolute Gasteiger partial charge is 0.188 e. The van der Waals surface area contributed by atoms with Crippen LogP contribution in [0.25, 0.3) is 12.2 Å². The van der Waals surface area contributed by atoms with Crippen molar-refractivity contribution < 1.29 is 19.4 Å². The average molecular weight is 463 g/mol. The Morgan fingerprint density at radius 1 is 1.06 bits per heavy atom. The summed E-state index contributed by atoms with van der Waals surface area (Å²) in [5.41, 5.74) is 4.91. The number of benzene rings is 2. The Hall–Kier alpha value is -3.51. The van der Waals surface area contributed by atoms with Crippen molar-refractivity contribution in [3.05, 3.63) is 76.1 Å². The number of nitrogens with one attached hydrogen (secondary N) is 1. The predicted octanol–water partition coefficient (Wildman–Crippen LogP) is 5.15. The first-order valence-corrected chi connectivity index (χ1v) is 11.4. The number of methoxy groups -OCH3 is 2. The minimum atomic E-state index is -0.121. The number of carbonyl (C=O) groups excluding carboxylic acids is 1. The first-order chi connectivity index (χ1) is 16.4. The standard InChI is InChI=1S/C28H34N2O4/c1-29-18-19-9-10-21(26(15-19)33-4)16-22-7-6-8-24(28(22)32)25(31)14-12-20-11-13-23(30(2)3)17-27(20)34-5/h9-17,29,31H,6-8,18H2,1-5H3/b14-12+,22-16+,25-24-. The van der Waals surface area contributed by atoms with Crippen molar-refractivity contribution in [2.24, 2.45) is 0 Å². The Labute approximate surface area is 202 Å².